The minimum Gasteiger partial charge on any atom is -0.346 e. The van der Waals surface area contributed by atoms with Gasteiger partial charge in [0.15, 0.2) is 6.17 Å². The van der Waals surface area contributed by atoms with E-state index in [4.69, 9.17) is 0 Å². The first-order valence-corrected chi connectivity index (χ1v) is 13.8. The molecule has 1 aromatic heterocycles. The molecule has 9 atom stereocenters. The van der Waals surface area contributed by atoms with E-state index >= 15 is 0 Å². The summed E-state index contributed by atoms with van der Waals surface area (Å²) in [5.74, 6) is 1.98. The number of imidazole rings is 1. The summed E-state index contributed by atoms with van der Waals surface area (Å²) in [5, 5.41) is 3.27. The Hall–Kier alpha value is -2.44. The molecule has 3 aliphatic carbocycles. The zero-order valence-electron chi connectivity index (χ0n) is 21.9. The van der Waals surface area contributed by atoms with E-state index in [2.05, 4.69) is 29.1 Å². The Morgan fingerprint density at radius 3 is 2.67 bits per heavy atom. The fourth-order valence-electron chi connectivity index (χ4n) is 9.20. The second-order valence-electron chi connectivity index (χ2n) is 12.6. The molecule has 2 heterocycles. The minimum atomic E-state index is -1.38. The first-order chi connectivity index (χ1) is 17.1. The van der Waals surface area contributed by atoms with E-state index in [0.29, 0.717) is 24.2 Å². The molecule has 6 rings (SSSR count). The first kappa shape index (κ1) is 23.9. The summed E-state index contributed by atoms with van der Waals surface area (Å²) in [6.45, 7) is 6.57. The van der Waals surface area contributed by atoms with Gasteiger partial charge < -0.3 is 15.2 Å². The van der Waals surface area contributed by atoms with Gasteiger partial charge in [-0.2, -0.15) is 0 Å². The Bertz CT molecular complexity index is 1160. The van der Waals surface area contributed by atoms with E-state index in [9.17, 15) is 14.0 Å². The topological polar surface area (TPSA) is 78.1 Å². The van der Waals surface area contributed by atoms with Gasteiger partial charge in [0.05, 0.1) is 17.1 Å². The highest BCUT2D eigenvalue weighted by atomic mass is 19.1. The van der Waals surface area contributed by atoms with Gasteiger partial charge in [-0.15, -0.1) is 0 Å². The van der Waals surface area contributed by atoms with Crippen LogP contribution < -0.4 is 5.32 Å². The van der Waals surface area contributed by atoms with Gasteiger partial charge in [-0.05, 0) is 92.6 Å². The van der Waals surface area contributed by atoms with Crippen molar-refractivity contribution in [3.8, 4) is 0 Å². The van der Waals surface area contributed by atoms with E-state index in [0.717, 1.165) is 55.4 Å². The predicted molar refractivity (Wildman–Crippen MR) is 137 cm³/mol. The van der Waals surface area contributed by atoms with Crippen molar-refractivity contribution in [3.05, 3.63) is 30.1 Å². The van der Waals surface area contributed by atoms with Crippen molar-refractivity contribution in [2.75, 3.05) is 7.05 Å². The standard InChI is InChI=1S/C29H39FN4O2/c1-16(25-32-22-7-5-6-8-23(22)33-25)31-26(35)20-11-10-18-17-9-12-24-29(3,15-21(30)27(36)34(24)4)19(17)13-14-28(18,20)2/h5-8,16-21,24H,9-15H2,1-4H3,(H,31,35)(H,32,33)/t16?,17-,18-,19+,20?,21?,24?,28-,29+/m0/s1. The molecule has 2 aromatic rings. The van der Waals surface area contributed by atoms with Gasteiger partial charge >= 0.3 is 0 Å². The number of aromatic nitrogens is 2. The number of alkyl halides is 1. The summed E-state index contributed by atoms with van der Waals surface area (Å²) >= 11 is 0. The Morgan fingerprint density at radius 2 is 1.89 bits per heavy atom. The number of hydrogen-bond donors (Lipinski definition) is 2. The quantitative estimate of drug-likeness (QED) is 0.618. The second kappa shape index (κ2) is 8.29. The van der Waals surface area contributed by atoms with Crippen molar-refractivity contribution in [1.82, 2.24) is 20.2 Å². The van der Waals surface area contributed by atoms with Crippen LogP contribution in [0.2, 0.25) is 0 Å². The summed E-state index contributed by atoms with van der Waals surface area (Å²) < 4.78 is 14.8. The molecule has 0 bridgehead atoms. The first-order valence-electron chi connectivity index (χ1n) is 13.8. The zero-order valence-corrected chi connectivity index (χ0v) is 21.9. The van der Waals surface area contributed by atoms with Crippen LogP contribution in [0, 0.1) is 34.5 Å². The van der Waals surface area contributed by atoms with Crippen LogP contribution in [0.5, 0.6) is 0 Å². The molecular weight excluding hydrogens is 455 g/mol. The molecule has 7 heteroatoms. The molecule has 4 aliphatic rings. The van der Waals surface area contributed by atoms with Crippen LogP contribution in [-0.2, 0) is 9.59 Å². The van der Waals surface area contributed by atoms with Crippen LogP contribution in [0.15, 0.2) is 24.3 Å². The number of carbonyl (C=O) groups excluding carboxylic acids is 2. The Balaban J connectivity index is 1.19. The predicted octanol–water partition coefficient (Wildman–Crippen LogP) is 5.17. The number of nitrogens with one attached hydrogen (secondary N) is 2. The van der Waals surface area contributed by atoms with E-state index in [1.54, 1.807) is 11.9 Å². The van der Waals surface area contributed by atoms with Gasteiger partial charge in [-0.1, -0.05) is 26.0 Å². The Morgan fingerprint density at radius 1 is 1.14 bits per heavy atom. The average Bonchev–Trinajstić information content (AvgIpc) is 3.43. The number of halogens is 1. The van der Waals surface area contributed by atoms with Crippen molar-refractivity contribution in [1.29, 1.82) is 0 Å². The van der Waals surface area contributed by atoms with Crippen molar-refractivity contribution in [2.45, 2.75) is 84.0 Å². The van der Waals surface area contributed by atoms with Crippen LogP contribution in [0.1, 0.15) is 77.6 Å². The molecule has 1 aliphatic heterocycles. The van der Waals surface area contributed by atoms with Crippen LogP contribution in [0.4, 0.5) is 4.39 Å². The van der Waals surface area contributed by atoms with Crippen molar-refractivity contribution >= 4 is 22.8 Å². The third-order valence-corrected chi connectivity index (χ3v) is 11.0. The largest absolute Gasteiger partial charge is 0.346 e. The Labute approximate surface area is 212 Å². The number of carbonyl (C=O) groups is 2. The Kier molecular flexibility index (Phi) is 5.51. The smallest absolute Gasteiger partial charge is 0.257 e. The summed E-state index contributed by atoms with van der Waals surface area (Å²) in [4.78, 5) is 35.7. The second-order valence-corrected chi connectivity index (χ2v) is 12.6. The number of piperidine rings is 1. The van der Waals surface area contributed by atoms with E-state index < -0.39 is 6.17 Å². The maximum atomic E-state index is 14.8. The number of aromatic amines is 1. The number of nitrogens with zero attached hydrogens (tertiary/aromatic N) is 2. The highest BCUT2D eigenvalue weighted by Crippen LogP contribution is 2.66. The number of benzene rings is 1. The normalized spacial score (nSPS) is 40.9. The van der Waals surface area contributed by atoms with Crippen molar-refractivity contribution in [2.24, 2.45) is 34.5 Å². The number of amides is 2. The summed E-state index contributed by atoms with van der Waals surface area (Å²) in [6.07, 6.45) is 4.96. The maximum Gasteiger partial charge on any atom is 0.257 e. The summed E-state index contributed by atoms with van der Waals surface area (Å²) in [7, 11) is 1.80. The highest BCUT2D eigenvalue weighted by Gasteiger charge is 2.63. The van der Waals surface area contributed by atoms with E-state index in [1.165, 1.54) is 0 Å². The van der Waals surface area contributed by atoms with Crippen LogP contribution in [0.3, 0.4) is 0 Å². The minimum absolute atomic E-state index is 0.00895. The molecule has 1 aromatic carbocycles. The highest BCUT2D eigenvalue weighted by molar-refractivity contribution is 5.82. The number of para-hydroxylation sites is 2. The number of rotatable bonds is 3. The third-order valence-electron chi connectivity index (χ3n) is 11.0. The lowest BCUT2D eigenvalue weighted by Crippen LogP contribution is -2.64. The van der Waals surface area contributed by atoms with Crippen molar-refractivity contribution < 1.29 is 14.0 Å². The fraction of sp³-hybridized carbons (Fsp3) is 0.690. The van der Waals surface area contributed by atoms with Gasteiger partial charge in [-0.3, -0.25) is 9.59 Å². The molecule has 4 fully saturated rings. The van der Waals surface area contributed by atoms with Gasteiger partial charge in [0.2, 0.25) is 5.91 Å². The van der Waals surface area contributed by atoms with E-state index in [-0.39, 0.29) is 40.6 Å². The maximum absolute atomic E-state index is 14.8. The number of fused-ring (bicyclic) bond motifs is 6. The zero-order chi connectivity index (χ0) is 25.4. The van der Waals surface area contributed by atoms with Crippen LogP contribution >= 0.6 is 0 Å². The summed E-state index contributed by atoms with van der Waals surface area (Å²) in [6, 6.07) is 7.88. The number of hydrogen-bond acceptors (Lipinski definition) is 3. The molecule has 2 N–H and O–H groups in total. The van der Waals surface area contributed by atoms with Gasteiger partial charge in [0.1, 0.15) is 5.82 Å². The molecule has 3 saturated carbocycles. The molecule has 6 nitrogen and oxygen atoms in total. The molecule has 4 unspecified atom stereocenters. The molecule has 2 amide bonds. The third kappa shape index (κ3) is 3.37. The molecule has 0 spiro atoms. The van der Waals surface area contributed by atoms with Gasteiger partial charge in [0.25, 0.3) is 5.91 Å². The number of likely N-dealkylation sites (tertiary alicyclic amines) is 1. The fourth-order valence-corrected chi connectivity index (χ4v) is 9.20. The monoisotopic (exact) mass is 494 g/mol. The van der Waals surface area contributed by atoms with Crippen LogP contribution in [0.25, 0.3) is 11.0 Å². The van der Waals surface area contributed by atoms with Gasteiger partial charge in [-0.25, -0.2) is 9.37 Å². The van der Waals surface area contributed by atoms with Crippen molar-refractivity contribution in [3.63, 3.8) is 0 Å². The molecular formula is C29H39FN4O2. The SMILES string of the molecule is CC(NC(=O)C1CC[C@H]2[C@@H]3CCC4N(C)C(=O)C(F)C[C@]4(C)[C@@H]3CC[C@]12C)c1nc2ccccc2[nH]1. The molecule has 1 saturated heterocycles. The van der Waals surface area contributed by atoms with Gasteiger partial charge in [0, 0.05) is 19.0 Å². The average molecular weight is 495 g/mol. The lowest BCUT2D eigenvalue weighted by atomic mass is 9.46. The molecule has 194 valence electrons. The molecule has 0 radical (unpaired) electrons. The van der Waals surface area contributed by atoms with E-state index in [1.807, 2.05) is 31.2 Å². The lowest BCUT2D eigenvalue weighted by molar-refractivity contribution is -0.169. The molecule has 36 heavy (non-hydrogen) atoms. The summed E-state index contributed by atoms with van der Waals surface area (Å²) in [5.41, 5.74) is 1.68. The number of H-pyrrole nitrogens is 1. The lowest BCUT2D eigenvalue weighted by Gasteiger charge is -2.62. The van der Waals surface area contributed by atoms with Crippen LogP contribution in [-0.4, -0.2) is 45.9 Å².